The van der Waals surface area contributed by atoms with Gasteiger partial charge in [0.1, 0.15) is 5.58 Å². The van der Waals surface area contributed by atoms with E-state index in [2.05, 4.69) is 89.9 Å². The summed E-state index contributed by atoms with van der Waals surface area (Å²) in [7, 11) is 0. The van der Waals surface area contributed by atoms with Crippen molar-refractivity contribution >= 4 is 43.9 Å². The van der Waals surface area contributed by atoms with Crippen molar-refractivity contribution in [1.29, 1.82) is 0 Å². The molecule has 0 N–H and O–H groups in total. The van der Waals surface area contributed by atoms with Crippen molar-refractivity contribution < 1.29 is 4.42 Å². The molecule has 4 heteroatoms. The van der Waals surface area contributed by atoms with Crippen LogP contribution in [0.15, 0.2) is 132 Å². The highest BCUT2D eigenvalue weighted by molar-refractivity contribution is 6.05. The van der Waals surface area contributed by atoms with E-state index in [1.54, 1.807) is 6.20 Å². The molecule has 0 fully saturated rings. The highest BCUT2D eigenvalue weighted by Crippen LogP contribution is 2.33. The Bertz CT molecular complexity index is 2160. The summed E-state index contributed by atoms with van der Waals surface area (Å²) in [5, 5.41) is 4.27. The Hall–Kier alpha value is -5.35. The molecule has 0 radical (unpaired) electrons. The molecule has 0 aliphatic heterocycles. The lowest BCUT2D eigenvalue weighted by Gasteiger charge is -2.09. The maximum Gasteiger partial charge on any atom is 0.227 e. The molecule has 4 aromatic carbocycles. The summed E-state index contributed by atoms with van der Waals surface area (Å²) < 4.78 is 5.89. The first-order valence-corrected chi connectivity index (χ1v) is 12.9. The molecule has 0 spiro atoms. The fourth-order valence-electron chi connectivity index (χ4n) is 5.32. The van der Waals surface area contributed by atoms with E-state index in [-0.39, 0.29) is 0 Å². The van der Waals surface area contributed by atoms with Crippen molar-refractivity contribution in [2.75, 3.05) is 0 Å². The summed E-state index contributed by atoms with van der Waals surface area (Å²) in [5.74, 6) is 0. The second-order valence-corrected chi connectivity index (χ2v) is 9.71. The van der Waals surface area contributed by atoms with Crippen molar-refractivity contribution in [3.63, 3.8) is 0 Å². The van der Waals surface area contributed by atoms with Crippen LogP contribution in [-0.2, 0) is 0 Å². The Labute approximate surface area is 224 Å². The van der Waals surface area contributed by atoms with Crippen molar-refractivity contribution in [2.45, 2.75) is 0 Å². The second-order valence-electron chi connectivity index (χ2n) is 9.71. The molecule has 0 bridgehead atoms. The first kappa shape index (κ1) is 21.7. The molecule has 0 amide bonds. The summed E-state index contributed by atoms with van der Waals surface area (Å²) >= 11 is 0. The summed E-state index contributed by atoms with van der Waals surface area (Å²) in [5.41, 5.74) is 9.66. The number of aromatic nitrogens is 3. The molecule has 8 rings (SSSR count). The largest absolute Gasteiger partial charge is 0.438 e. The topological polar surface area (TPSA) is 51.8 Å². The van der Waals surface area contributed by atoms with Gasteiger partial charge in [-0.25, -0.2) is 15.0 Å². The van der Waals surface area contributed by atoms with Gasteiger partial charge < -0.3 is 4.42 Å². The molecule has 4 nitrogen and oxygen atoms in total. The molecule has 8 aromatic rings. The fraction of sp³-hybridized carbons (Fsp3) is 0. The van der Waals surface area contributed by atoms with Gasteiger partial charge in [-0.05, 0) is 47.5 Å². The molecule has 0 saturated carbocycles. The normalized spacial score (nSPS) is 11.6. The lowest BCUT2D eigenvalue weighted by Crippen LogP contribution is -1.91. The van der Waals surface area contributed by atoms with Gasteiger partial charge in [0, 0.05) is 38.9 Å². The summed E-state index contributed by atoms with van der Waals surface area (Å²) in [4.78, 5) is 14.5. The predicted molar refractivity (Wildman–Crippen MR) is 158 cm³/mol. The lowest BCUT2D eigenvalue weighted by atomic mass is 10.0. The number of hydrogen-bond donors (Lipinski definition) is 0. The number of pyridine rings is 3. The molecule has 4 heterocycles. The van der Waals surface area contributed by atoms with Crippen LogP contribution in [0.1, 0.15) is 0 Å². The zero-order valence-electron chi connectivity index (χ0n) is 20.9. The van der Waals surface area contributed by atoms with E-state index in [0.29, 0.717) is 5.71 Å². The SMILES string of the molecule is c1ccc(-c2ccc3ccc4ccc(-c5ccc(-c6ccc7oc8ncccc8c7c6)cc5)nc4c3n2)cc1. The molecule has 0 unspecified atom stereocenters. The van der Waals surface area contributed by atoms with Crippen LogP contribution in [0.3, 0.4) is 0 Å². The zero-order chi connectivity index (χ0) is 25.8. The predicted octanol–water partition coefficient (Wildman–Crippen LogP) is 9.08. The zero-order valence-corrected chi connectivity index (χ0v) is 20.9. The van der Waals surface area contributed by atoms with Crippen LogP contribution in [0.25, 0.3) is 77.5 Å². The van der Waals surface area contributed by atoms with Gasteiger partial charge in [-0.1, -0.05) is 84.9 Å². The molecule has 182 valence electrons. The maximum absolute atomic E-state index is 5.89. The van der Waals surface area contributed by atoms with Crippen molar-refractivity contribution in [2.24, 2.45) is 0 Å². The number of fused-ring (bicyclic) bond motifs is 6. The quantitative estimate of drug-likeness (QED) is 0.228. The highest BCUT2D eigenvalue weighted by Gasteiger charge is 2.11. The van der Waals surface area contributed by atoms with Crippen LogP contribution in [0.4, 0.5) is 0 Å². The fourth-order valence-corrected chi connectivity index (χ4v) is 5.32. The van der Waals surface area contributed by atoms with Crippen LogP contribution in [0.5, 0.6) is 0 Å². The average Bonchev–Trinajstić information content (AvgIpc) is 3.39. The number of rotatable bonds is 3. The maximum atomic E-state index is 5.89. The van der Waals surface area contributed by atoms with Crippen molar-refractivity contribution in [3.8, 4) is 33.6 Å². The van der Waals surface area contributed by atoms with Gasteiger partial charge in [0.15, 0.2) is 0 Å². The Balaban J connectivity index is 1.19. The molecular formula is C35H21N3O. The highest BCUT2D eigenvalue weighted by atomic mass is 16.3. The van der Waals surface area contributed by atoms with Crippen LogP contribution < -0.4 is 0 Å². The number of hydrogen-bond acceptors (Lipinski definition) is 4. The van der Waals surface area contributed by atoms with E-state index < -0.39 is 0 Å². The van der Waals surface area contributed by atoms with E-state index in [0.717, 1.165) is 71.8 Å². The summed E-state index contributed by atoms with van der Waals surface area (Å²) in [6.07, 6.45) is 1.76. The Morgan fingerprint density at radius 2 is 1.08 bits per heavy atom. The van der Waals surface area contributed by atoms with E-state index in [1.807, 2.05) is 36.4 Å². The monoisotopic (exact) mass is 499 g/mol. The van der Waals surface area contributed by atoms with Gasteiger partial charge in [-0.15, -0.1) is 0 Å². The van der Waals surface area contributed by atoms with Crippen LogP contribution in [0.2, 0.25) is 0 Å². The van der Waals surface area contributed by atoms with Crippen LogP contribution in [0, 0.1) is 0 Å². The summed E-state index contributed by atoms with van der Waals surface area (Å²) in [6, 6.07) is 41.8. The number of nitrogens with zero attached hydrogens (tertiary/aromatic N) is 3. The molecule has 0 saturated heterocycles. The number of furan rings is 1. The lowest BCUT2D eigenvalue weighted by molar-refractivity contribution is 0.654. The molecule has 0 aliphatic rings. The van der Waals surface area contributed by atoms with Gasteiger partial charge in [0.2, 0.25) is 5.71 Å². The van der Waals surface area contributed by atoms with Gasteiger partial charge in [0.25, 0.3) is 0 Å². The standard InChI is InChI=1S/C35H21N3O/c1-2-5-23(6-3-1)30-17-14-25-12-13-26-15-18-31(38-34(26)33(25)37-30)24-10-8-22(9-11-24)27-16-19-32-29(21-27)28-7-4-20-36-35(28)39-32/h1-21H. The first-order chi connectivity index (χ1) is 19.3. The van der Waals surface area contributed by atoms with Gasteiger partial charge in [-0.2, -0.15) is 0 Å². The van der Waals surface area contributed by atoms with Crippen molar-refractivity contribution in [3.05, 3.63) is 128 Å². The van der Waals surface area contributed by atoms with E-state index in [1.165, 1.54) is 0 Å². The molecule has 0 aliphatic carbocycles. The smallest absolute Gasteiger partial charge is 0.227 e. The molecule has 4 aromatic heterocycles. The Kier molecular flexibility index (Phi) is 4.79. The summed E-state index contributed by atoms with van der Waals surface area (Å²) in [6.45, 7) is 0. The third kappa shape index (κ3) is 3.65. The third-order valence-electron chi connectivity index (χ3n) is 7.35. The van der Waals surface area contributed by atoms with Crippen molar-refractivity contribution in [1.82, 2.24) is 15.0 Å². The van der Waals surface area contributed by atoms with Crippen LogP contribution >= 0.6 is 0 Å². The first-order valence-electron chi connectivity index (χ1n) is 12.9. The van der Waals surface area contributed by atoms with Gasteiger partial charge in [-0.3, -0.25) is 0 Å². The van der Waals surface area contributed by atoms with E-state index in [4.69, 9.17) is 14.4 Å². The average molecular weight is 500 g/mol. The van der Waals surface area contributed by atoms with Gasteiger partial charge in [0.05, 0.1) is 22.4 Å². The second kappa shape index (κ2) is 8.61. The molecule has 39 heavy (non-hydrogen) atoms. The molecular weight excluding hydrogens is 478 g/mol. The Morgan fingerprint density at radius 3 is 1.79 bits per heavy atom. The third-order valence-corrected chi connectivity index (χ3v) is 7.35. The number of benzene rings is 4. The molecule has 0 atom stereocenters. The minimum Gasteiger partial charge on any atom is -0.438 e. The Morgan fingerprint density at radius 1 is 0.462 bits per heavy atom. The van der Waals surface area contributed by atoms with Crippen LogP contribution in [-0.4, -0.2) is 15.0 Å². The van der Waals surface area contributed by atoms with E-state index in [9.17, 15) is 0 Å². The van der Waals surface area contributed by atoms with E-state index >= 15 is 0 Å². The van der Waals surface area contributed by atoms with Gasteiger partial charge >= 0.3 is 0 Å². The minimum absolute atomic E-state index is 0.667. The minimum atomic E-state index is 0.667.